The first-order chi connectivity index (χ1) is 9.17. The minimum Gasteiger partial charge on any atom is -0.496 e. The Hall–Kier alpha value is -1.05. The van der Waals surface area contributed by atoms with Gasteiger partial charge < -0.3 is 9.47 Å². The van der Waals surface area contributed by atoms with E-state index in [0.717, 1.165) is 29.5 Å². The lowest BCUT2D eigenvalue weighted by Gasteiger charge is -2.56. The zero-order valence-electron chi connectivity index (χ0n) is 10.9. The number of nitrogens with zero attached hydrogens (tertiary/aromatic N) is 1. The van der Waals surface area contributed by atoms with E-state index in [2.05, 4.69) is 34.1 Å². The van der Waals surface area contributed by atoms with Crippen LogP contribution in [0.3, 0.4) is 0 Å². The van der Waals surface area contributed by atoms with Gasteiger partial charge in [-0.15, -0.1) is 0 Å². The summed E-state index contributed by atoms with van der Waals surface area (Å²) in [5, 5.41) is 9.63. The fraction of sp³-hybridized carbons (Fsp3) is 0.533. The number of methoxy groups -OCH3 is 1. The van der Waals surface area contributed by atoms with E-state index in [1.165, 1.54) is 5.56 Å². The van der Waals surface area contributed by atoms with Gasteiger partial charge in [0.15, 0.2) is 0 Å². The Kier molecular flexibility index (Phi) is 3.07. The van der Waals surface area contributed by atoms with Crippen LogP contribution in [0.25, 0.3) is 0 Å². The van der Waals surface area contributed by atoms with Crippen molar-refractivity contribution in [3.05, 3.63) is 28.2 Å². The monoisotopic (exact) mass is 321 g/mol. The fourth-order valence-electron chi connectivity index (χ4n) is 3.22. The van der Waals surface area contributed by atoms with Gasteiger partial charge in [-0.3, -0.25) is 0 Å². The summed E-state index contributed by atoms with van der Waals surface area (Å²) in [4.78, 5) is 0. The maximum absolute atomic E-state index is 9.63. The van der Waals surface area contributed by atoms with E-state index in [1.807, 2.05) is 6.07 Å². The van der Waals surface area contributed by atoms with Gasteiger partial charge in [0.25, 0.3) is 0 Å². The van der Waals surface area contributed by atoms with Crippen molar-refractivity contribution in [2.75, 3.05) is 20.3 Å². The molecular formula is C15H16BrNO2. The maximum Gasteiger partial charge on any atom is 0.133 e. The molecule has 2 fully saturated rings. The van der Waals surface area contributed by atoms with E-state index in [9.17, 15) is 5.26 Å². The van der Waals surface area contributed by atoms with Crippen molar-refractivity contribution in [3.63, 3.8) is 0 Å². The fourth-order valence-corrected chi connectivity index (χ4v) is 3.76. The molecule has 1 aromatic carbocycles. The number of rotatable bonds is 3. The van der Waals surface area contributed by atoms with Crippen LogP contribution in [0.4, 0.5) is 0 Å². The molecule has 0 atom stereocenters. The molecule has 1 aromatic rings. The van der Waals surface area contributed by atoms with Crippen LogP contribution in [-0.2, 0) is 10.2 Å². The lowest BCUT2D eigenvalue weighted by molar-refractivity contribution is -0.134. The number of nitriles is 1. The molecule has 0 aromatic heterocycles. The SMILES string of the molecule is COc1ccc(C2(C3(C#N)CCC3)COC2)cc1Br. The predicted molar refractivity (Wildman–Crippen MR) is 75.1 cm³/mol. The zero-order chi connectivity index (χ0) is 13.5. The molecular weight excluding hydrogens is 306 g/mol. The summed E-state index contributed by atoms with van der Waals surface area (Å²) >= 11 is 3.53. The molecule has 1 aliphatic heterocycles. The average Bonchev–Trinajstić information content (AvgIpc) is 2.31. The zero-order valence-corrected chi connectivity index (χ0v) is 12.5. The van der Waals surface area contributed by atoms with Crippen molar-refractivity contribution >= 4 is 15.9 Å². The third-order valence-corrected chi connectivity index (χ3v) is 5.36. The second-order valence-electron chi connectivity index (χ2n) is 5.47. The van der Waals surface area contributed by atoms with Crippen molar-refractivity contribution in [1.82, 2.24) is 0 Å². The summed E-state index contributed by atoms with van der Waals surface area (Å²) in [6, 6.07) is 8.69. The molecule has 2 aliphatic rings. The minimum atomic E-state index is -0.237. The van der Waals surface area contributed by atoms with Crippen molar-refractivity contribution in [1.29, 1.82) is 5.26 Å². The van der Waals surface area contributed by atoms with E-state index >= 15 is 0 Å². The lowest BCUT2D eigenvalue weighted by atomic mass is 9.50. The first kappa shape index (κ1) is 13.0. The predicted octanol–water partition coefficient (Wildman–Crippen LogP) is 3.42. The lowest BCUT2D eigenvalue weighted by Crippen LogP contribution is -2.61. The molecule has 0 N–H and O–H groups in total. The summed E-state index contributed by atoms with van der Waals surface area (Å²) in [5.41, 5.74) is 0.821. The van der Waals surface area contributed by atoms with Crippen molar-refractivity contribution < 1.29 is 9.47 Å². The Morgan fingerprint density at radius 3 is 2.47 bits per heavy atom. The summed E-state index contributed by atoms with van der Waals surface area (Å²) < 4.78 is 11.7. The number of ether oxygens (including phenoxy) is 2. The number of benzene rings is 1. The smallest absolute Gasteiger partial charge is 0.133 e. The van der Waals surface area contributed by atoms with Gasteiger partial charge >= 0.3 is 0 Å². The van der Waals surface area contributed by atoms with Gasteiger partial charge in [-0.25, -0.2) is 0 Å². The Bertz CT molecular complexity index is 542. The Balaban J connectivity index is 2.03. The first-order valence-corrected chi connectivity index (χ1v) is 7.30. The molecule has 0 unspecified atom stereocenters. The molecule has 4 heteroatoms. The van der Waals surface area contributed by atoms with Gasteiger partial charge in [-0.1, -0.05) is 12.5 Å². The molecule has 0 spiro atoms. The van der Waals surface area contributed by atoms with Gasteiger partial charge in [0, 0.05) is 0 Å². The highest BCUT2D eigenvalue weighted by atomic mass is 79.9. The third-order valence-electron chi connectivity index (χ3n) is 4.74. The maximum atomic E-state index is 9.63. The summed E-state index contributed by atoms with van der Waals surface area (Å²) in [7, 11) is 1.66. The topological polar surface area (TPSA) is 42.2 Å². The molecule has 0 amide bonds. The standard InChI is InChI=1S/C15H16BrNO2/c1-18-13-4-3-11(7-12(13)16)15(9-19-10-15)14(8-17)5-2-6-14/h3-4,7H,2,5-6,9-10H2,1H3. The highest BCUT2D eigenvalue weighted by Crippen LogP contribution is 2.58. The number of hydrogen-bond donors (Lipinski definition) is 0. The van der Waals surface area contributed by atoms with E-state index in [1.54, 1.807) is 7.11 Å². The molecule has 100 valence electrons. The molecule has 19 heavy (non-hydrogen) atoms. The van der Waals surface area contributed by atoms with E-state index < -0.39 is 0 Å². The Labute approximate surface area is 121 Å². The van der Waals surface area contributed by atoms with Crippen LogP contribution >= 0.6 is 15.9 Å². The average molecular weight is 322 g/mol. The molecule has 0 radical (unpaired) electrons. The molecule has 3 rings (SSSR count). The van der Waals surface area contributed by atoms with Gasteiger partial charge in [-0.2, -0.15) is 5.26 Å². The van der Waals surface area contributed by atoms with Crippen molar-refractivity contribution in [2.24, 2.45) is 5.41 Å². The minimum absolute atomic E-state index is 0.130. The van der Waals surface area contributed by atoms with E-state index in [-0.39, 0.29) is 10.8 Å². The van der Waals surface area contributed by atoms with E-state index in [0.29, 0.717) is 13.2 Å². The summed E-state index contributed by atoms with van der Waals surface area (Å²) in [6.07, 6.45) is 3.11. The molecule has 1 heterocycles. The molecule has 3 nitrogen and oxygen atoms in total. The van der Waals surface area contributed by atoms with Crippen LogP contribution in [0.5, 0.6) is 5.75 Å². The van der Waals surface area contributed by atoms with Crippen LogP contribution in [0, 0.1) is 16.7 Å². The summed E-state index contributed by atoms with van der Waals surface area (Å²) in [6.45, 7) is 1.30. The molecule has 1 aliphatic carbocycles. The normalized spacial score (nSPS) is 22.8. The Morgan fingerprint density at radius 1 is 1.37 bits per heavy atom. The Morgan fingerprint density at radius 2 is 2.11 bits per heavy atom. The van der Waals surface area contributed by atoms with Gasteiger partial charge in [0.1, 0.15) is 5.75 Å². The number of halogens is 1. The van der Waals surface area contributed by atoms with Crippen molar-refractivity contribution in [2.45, 2.75) is 24.7 Å². The van der Waals surface area contributed by atoms with E-state index in [4.69, 9.17) is 9.47 Å². The van der Waals surface area contributed by atoms with Gasteiger partial charge in [0.05, 0.1) is 41.7 Å². The van der Waals surface area contributed by atoms with Gasteiger partial charge in [0.2, 0.25) is 0 Å². The van der Waals surface area contributed by atoms with Gasteiger partial charge in [-0.05, 0) is 46.5 Å². The van der Waals surface area contributed by atoms with Crippen LogP contribution in [0.1, 0.15) is 24.8 Å². The highest BCUT2D eigenvalue weighted by Gasteiger charge is 2.60. The first-order valence-electron chi connectivity index (χ1n) is 6.50. The van der Waals surface area contributed by atoms with Crippen LogP contribution in [0.15, 0.2) is 22.7 Å². The molecule has 1 saturated heterocycles. The van der Waals surface area contributed by atoms with Crippen LogP contribution in [0.2, 0.25) is 0 Å². The molecule has 1 saturated carbocycles. The van der Waals surface area contributed by atoms with Crippen LogP contribution in [-0.4, -0.2) is 20.3 Å². The quantitative estimate of drug-likeness (QED) is 0.856. The second-order valence-corrected chi connectivity index (χ2v) is 6.33. The molecule has 0 bridgehead atoms. The summed E-state index contributed by atoms with van der Waals surface area (Å²) in [5.74, 6) is 0.818. The highest BCUT2D eigenvalue weighted by molar-refractivity contribution is 9.10. The van der Waals surface area contributed by atoms with Crippen molar-refractivity contribution in [3.8, 4) is 11.8 Å². The van der Waals surface area contributed by atoms with Crippen LogP contribution < -0.4 is 4.74 Å². The largest absolute Gasteiger partial charge is 0.496 e. The number of hydrogen-bond acceptors (Lipinski definition) is 3. The second kappa shape index (κ2) is 4.50. The third kappa shape index (κ3) is 1.65.